The van der Waals surface area contributed by atoms with Gasteiger partial charge in [-0.15, -0.1) is 0 Å². The molecule has 0 aliphatic carbocycles. The fraction of sp³-hybridized carbons (Fsp3) is 0.409. The molecule has 0 radical (unpaired) electrons. The number of nitrogens with zero attached hydrogens (tertiary/aromatic N) is 3. The van der Waals surface area contributed by atoms with Gasteiger partial charge in [-0.1, -0.05) is 19.1 Å². The quantitative estimate of drug-likeness (QED) is 0.670. The third kappa shape index (κ3) is 4.02. The van der Waals surface area contributed by atoms with E-state index in [2.05, 4.69) is 11.0 Å². The molecule has 1 amide bonds. The summed E-state index contributed by atoms with van der Waals surface area (Å²) < 4.78 is 53.6. The molecule has 8 nitrogen and oxygen atoms in total. The first-order valence-corrected chi connectivity index (χ1v) is 13.5. The van der Waals surface area contributed by atoms with Gasteiger partial charge in [0.05, 0.1) is 22.3 Å². The molecule has 4 rings (SSSR count). The summed E-state index contributed by atoms with van der Waals surface area (Å²) in [5.74, 6) is -1.35. The van der Waals surface area contributed by atoms with Gasteiger partial charge >= 0.3 is 0 Å². The van der Waals surface area contributed by atoms with Crippen LogP contribution in [-0.4, -0.2) is 59.0 Å². The normalized spacial score (nSPS) is 21.8. The van der Waals surface area contributed by atoms with E-state index >= 15 is 0 Å². The van der Waals surface area contributed by atoms with E-state index in [1.807, 2.05) is 25.1 Å². The first-order valence-electron chi connectivity index (χ1n) is 10.5. The van der Waals surface area contributed by atoms with Crippen LogP contribution in [0.5, 0.6) is 0 Å². The Morgan fingerprint density at radius 1 is 0.938 bits per heavy atom. The molecule has 2 saturated heterocycles. The van der Waals surface area contributed by atoms with E-state index in [0.717, 1.165) is 15.6 Å². The molecule has 0 saturated carbocycles. The highest BCUT2D eigenvalue weighted by molar-refractivity contribution is 7.94. The Hall–Kier alpha value is -2.43. The van der Waals surface area contributed by atoms with Crippen molar-refractivity contribution < 1.29 is 21.6 Å². The van der Waals surface area contributed by atoms with Crippen molar-refractivity contribution in [2.75, 3.05) is 41.1 Å². The van der Waals surface area contributed by atoms with Gasteiger partial charge in [0.25, 0.3) is 0 Å². The van der Waals surface area contributed by atoms with E-state index in [1.165, 1.54) is 22.5 Å². The molecule has 2 aromatic rings. The molecule has 0 bridgehead atoms. The molecule has 0 aromatic heterocycles. The molecule has 2 aliphatic rings. The van der Waals surface area contributed by atoms with Gasteiger partial charge in [0.1, 0.15) is 0 Å². The molecular formula is C22H27N3O5S2. The number of anilines is 2. The number of amides is 1. The standard InChI is InChI=1S/C22H27N3O5S2/c1-16-5-4-6-19(13-16)23-9-11-24(12-10-23)32(29,30)21-8-7-20(14-17(21)2)25-22(26)18(3)15-31(25,27)28/h4-8,13-14,18H,9-12,15H2,1-3H3. The molecule has 10 heteroatoms. The van der Waals surface area contributed by atoms with Crippen molar-refractivity contribution in [2.24, 2.45) is 5.92 Å². The summed E-state index contributed by atoms with van der Waals surface area (Å²) in [4.78, 5) is 14.6. The third-order valence-electron chi connectivity index (χ3n) is 5.98. The lowest BCUT2D eigenvalue weighted by Gasteiger charge is -2.35. The van der Waals surface area contributed by atoms with E-state index in [1.54, 1.807) is 13.8 Å². The fourth-order valence-electron chi connectivity index (χ4n) is 4.29. The van der Waals surface area contributed by atoms with Crippen LogP contribution < -0.4 is 9.21 Å². The van der Waals surface area contributed by atoms with E-state index in [4.69, 9.17) is 0 Å². The van der Waals surface area contributed by atoms with Crippen molar-refractivity contribution >= 4 is 37.3 Å². The van der Waals surface area contributed by atoms with Crippen LogP contribution in [0.4, 0.5) is 11.4 Å². The molecule has 0 spiro atoms. The average molecular weight is 478 g/mol. The van der Waals surface area contributed by atoms with E-state index < -0.39 is 31.9 Å². The van der Waals surface area contributed by atoms with Crippen LogP contribution in [-0.2, 0) is 24.8 Å². The zero-order valence-corrected chi connectivity index (χ0v) is 20.0. The first kappa shape index (κ1) is 22.8. The molecule has 2 aliphatic heterocycles. The summed E-state index contributed by atoms with van der Waals surface area (Å²) in [5, 5.41) is 0. The molecule has 2 fully saturated rings. The van der Waals surface area contributed by atoms with Crippen molar-refractivity contribution in [2.45, 2.75) is 25.7 Å². The number of hydrogen-bond acceptors (Lipinski definition) is 6. The summed E-state index contributed by atoms with van der Waals surface area (Å²) in [7, 11) is -7.49. The highest BCUT2D eigenvalue weighted by Crippen LogP contribution is 2.32. The Bertz CT molecular complexity index is 1270. The minimum Gasteiger partial charge on any atom is -0.369 e. The Morgan fingerprint density at radius 3 is 2.19 bits per heavy atom. The molecular weight excluding hydrogens is 450 g/mol. The monoisotopic (exact) mass is 477 g/mol. The number of sulfonamides is 2. The van der Waals surface area contributed by atoms with Gasteiger partial charge in [-0.2, -0.15) is 4.31 Å². The van der Waals surface area contributed by atoms with Gasteiger partial charge in [0, 0.05) is 31.9 Å². The average Bonchev–Trinajstić information content (AvgIpc) is 2.94. The van der Waals surface area contributed by atoms with Crippen molar-refractivity contribution in [3.63, 3.8) is 0 Å². The van der Waals surface area contributed by atoms with Gasteiger partial charge in [0.15, 0.2) is 0 Å². The van der Waals surface area contributed by atoms with E-state index in [0.29, 0.717) is 31.7 Å². The van der Waals surface area contributed by atoms with Crippen molar-refractivity contribution in [1.82, 2.24) is 4.31 Å². The Balaban J connectivity index is 1.54. The van der Waals surface area contributed by atoms with Gasteiger partial charge in [0.2, 0.25) is 26.0 Å². The summed E-state index contributed by atoms with van der Waals surface area (Å²) in [6, 6.07) is 12.4. The highest BCUT2D eigenvalue weighted by Gasteiger charge is 2.42. The van der Waals surface area contributed by atoms with Crippen molar-refractivity contribution in [1.29, 1.82) is 0 Å². The largest absolute Gasteiger partial charge is 0.369 e. The molecule has 2 aromatic carbocycles. The maximum absolute atomic E-state index is 13.3. The van der Waals surface area contributed by atoms with E-state index in [-0.39, 0.29) is 16.3 Å². The summed E-state index contributed by atoms with van der Waals surface area (Å²) in [6.45, 7) is 7.09. The molecule has 32 heavy (non-hydrogen) atoms. The van der Waals surface area contributed by atoms with Gasteiger partial charge in [-0.05, 0) is 55.3 Å². The second-order valence-corrected chi connectivity index (χ2v) is 12.2. The maximum Gasteiger partial charge on any atom is 0.244 e. The maximum atomic E-state index is 13.3. The van der Waals surface area contributed by atoms with Gasteiger partial charge in [-0.25, -0.2) is 21.1 Å². The minimum atomic E-state index is -3.75. The number of carbonyl (C=O) groups is 1. The van der Waals surface area contributed by atoms with Crippen LogP contribution in [0.2, 0.25) is 0 Å². The number of benzene rings is 2. The molecule has 1 unspecified atom stereocenters. The lowest BCUT2D eigenvalue weighted by atomic mass is 10.2. The number of piperazine rings is 1. The topological polar surface area (TPSA) is 95.1 Å². The second kappa shape index (κ2) is 8.17. The SMILES string of the molecule is Cc1cccc(N2CCN(S(=O)(=O)c3ccc(N4C(=O)C(C)CS4(=O)=O)cc3C)CC2)c1. The minimum absolute atomic E-state index is 0.127. The lowest BCUT2D eigenvalue weighted by Crippen LogP contribution is -2.48. The number of hydrogen-bond donors (Lipinski definition) is 0. The molecule has 172 valence electrons. The van der Waals surface area contributed by atoms with Crippen LogP contribution in [0.1, 0.15) is 18.1 Å². The van der Waals surface area contributed by atoms with Gasteiger partial charge in [-0.3, -0.25) is 4.79 Å². The predicted molar refractivity (Wildman–Crippen MR) is 124 cm³/mol. The molecule has 1 atom stereocenters. The van der Waals surface area contributed by atoms with Crippen LogP contribution in [0.15, 0.2) is 47.4 Å². The van der Waals surface area contributed by atoms with Crippen LogP contribution in [0.3, 0.4) is 0 Å². The first-order chi connectivity index (χ1) is 15.0. The van der Waals surface area contributed by atoms with Crippen LogP contribution in [0.25, 0.3) is 0 Å². The van der Waals surface area contributed by atoms with Crippen molar-refractivity contribution in [3.05, 3.63) is 53.6 Å². The summed E-state index contributed by atoms with van der Waals surface area (Å²) in [5.41, 5.74) is 2.82. The van der Waals surface area contributed by atoms with Crippen LogP contribution in [0, 0.1) is 19.8 Å². The summed E-state index contributed by atoms with van der Waals surface area (Å²) >= 11 is 0. The Labute approximate surface area is 189 Å². The highest BCUT2D eigenvalue weighted by atomic mass is 32.2. The number of rotatable bonds is 4. The lowest BCUT2D eigenvalue weighted by molar-refractivity contribution is -0.119. The third-order valence-corrected chi connectivity index (χ3v) is 9.90. The van der Waals surface area contributed by atoms with Crippen LogP contribution >= 0.6 is 0 Å². The van der Waals surface area contributed by atoms with Gasteiger partial charge < -0.3 is 4.90 Å². The number of aryl methyl sites for hydroxylation is 2. The molecule has 2 heterocycles. The zero-order valence-electron chi connectivity index (χ0n) is 18.4. The fourth-order valence-corrected chi connectivity index (χ4v) is 7.73. The number of carbonyl (C=O) groups excluding carboxylic acids is 1. The smallest absolute Gasteiger partial charge is 0.244 e. The molecule has 0 N–H and O–H groups in total. The van der Waals surface area contributed by atoms with Crippen molar-refractivity contribution in [3.8, 4) is 0 Å². The van der Waals surface area contributed by atoms with E-state index in [9.17, 15) is 21.6 Å². The predicted octanol–water partition coefficient (Wildman–Crippen LogP) is 2.13. The summed E-state index contributed by atoms with van der Waals surface area (Å²) in [6.07, 6.45) is 0. The Kier molecular flexibility index (Phi) is 5.81. The zero-order chi connectivity index (χ0) is 23.3. The second-order valence-electron chi connectivity index (χ2n) is 8.46. The Morgan fingerprint density at radius 2 is 1.62 bits per heavy atom.